The lowest BCUT2D eigenvalue weighted by Crippen LogP contribution is -2.34. The zero-order chi connectivity index (χ0) is 17.2. The Morgan fingerprint density at radius 2 is 2.00 bits per heavy atom. The Labute approximate surface area is 153 Å². The molecule has 1 fully saturated rings. The van der Waals surface area contributed by atoms with Crippen LogP contribution in [0.3, 0.4) is 0 Å². The van der Waals surface area contributed by atoms with Crippen LogP contribution in [0.15, 0.2) is 29.3 Å². The number of rotatable bonds is 6. The van der Waals surface area contributed by atoms with E-state index in [-0.39, 0.29) is 12.4 Å². The summed E-state index contributed by atoms with van der Waals surface area (Å²) in [6, 6.07) is 3.79. The standard InChI is InChI=1S/C18H23N3O3.ClH/c1-4-7-12-10-13(11-14(22-2)15(12)23-3)16-20-17(21-24-16)18(19)8-5-6-9-18;/h4,10-11H,1,5-9,19H2,2-3H3;1H. The molecule has 25 heavy (non-hydrogen) atoms. The zero-order valence-corrected chi connectivity index (χ0v) is 15.4. The number of aromatic nitrogens is 2. The second-order valence-electron chi connectivity index (χ2n) is 6.15. The van der Waals surface area contributed by atoms with E-state index in [1.165, 1.54) is 0 Å². The van der Waals surface area contributed by atoms with Crippen LogP contribution < -0.4 is 15.2 Å². The Kier molecular flexibility index (Phi) is 6.08. The molecule has 6 nitrogen and oxygen atoms in total. The summed E-state index contributed by atoms with van der Waals surface area (Å²) in [5.41, 5.74) is 7.67. The molecule has 0 aliphatic heterocycles. The van der Waals surface area contributed by atoms with Crippen LogP contribution in [0.5, 0.6) is 11.5 Å². The first-order valence-electron chi connectivity index (χ1n) is 8.10. The number of hydrogen-bond donors (Lipinski definition) is 1. The predicted molar refractivity (Wildman–Crippen MR) is 98.3 cm³/mol. The molecule has 0 spiro atoms. The van der Waals surface area contributed by atoms with E-state index in [1.54, 1.807) is 14.2 Å². The molecular weight excluding hydrogens is 342 g/mol. The fourth-order valence-electron chi connectivity index (χ4n) is 3.25. The SMILES string of the molecule is C=CCc1cc(-c2nc(C3(N)CCCC3)no2)cc(OC)c1OC.Cl. The van der Waals surface area contributed by atoms with Gasteiger partial charge in [0, 0.05) is 11.1 Å². The van der Waals surface area contributed by atoms with E-state index in [2.05, 4.69) is 16.7 Å². The average Bonchev–Trinajstić information content (AvgIpc) is 3.24. The number of nitrogens with two attached hydrogens (primary N) is 1. The van der Waals surface area contributed by atoms with E-state index < -0.39 is 5.54 Å². The van der Waals surface area contributed by atoms with Crippen LogP contribution in [0.2, 0.25) is 0 Å². The van der Waals surface area contributed by atoms with Gasteiger partial charge in [0.25, 0.3) is 5.89 Å². The molecule has 0 amide bonds. The van der Waals surface area contributed by atoms with Crippen LogP contribution in [0, 0.1) is 0 Å². The van der Waals surface area contributed by atoms with Crippen molar-refractivity contribution in [2.75, 3.05) is 14.2 Å². The second kappa shape index (κ2) is 7.89. The number of methoxy groups -OCH3 is 2. The van der Waals surface area contributed by atoms with Gasteiger partial charge in [0.15, 0.2) is 17.3 Å². The molecule has 1 saturated carbocycles. The fourth-order valence-corrected chi connectivity index (χ4v) is 3.25. The molecular formula is C18H24ClN3O3. The van der Waals surface area contributed by atoms with E-state index in [0.717, 1.165) is 36.8 Å². The van der Waals surface area contributed by atoms with Gasteiger partial charge in [-0.05, 0) is 31.4 Å². The first-order valence-corrected chi connectivity index (χ1v) is 8.10. The molecule has 2 N–H and O–H groups in total. The van der Waals surface area contributed by atoms with E-state index in [0.29, 0.717) is 29.6 Å². The van der Waals surface area contributed by atoms with Gasteiger partial charge < -0.3 is 19.7 Å². The third-order valence-corrected chi connectivity index (χ3v) is 4.53. The quantitative estimate of drug-likeness (QED) is 0.787. The minimum Gasteiger partial charge on any atom is -0.493 e. The molecule has 1 aromatic heterocycles. The van der Waals surface area contributed by atoms with Crippen LogP contribution in [0.4, 0.5) is 0 Å². The van der Waals surface area contributed by atoms with Crippen molar-refractivity contribution in [2.45, 2.75) is 37.6 Å². The predicted octanol–water partition coefficient (Wildman–Crippen LogP) is 3.63. The molecule has 2 aromatic rings. The summed E-state index contributed by atoms with van der Waals surface area (Å²) in [6.07, 6.45) is 6.43. The van der Waals surface area contributed by atoms with Crippen molar-refractivity contribution in [3.05, 3.63) is 36.2 Å². The van der Waals surface area contributed by atoms with Crippen molar-refractivity contribution in [1.29, 1.82) is 0 Å². The molecule has 1 heterocycles. The average molecular weight is 366 g/mol. The number of benzene rings is 1. The Hall–Kier alpha value is -2.05. The van der Waals surface area contributed by atoms with Crippen LogP contribution in [-0.2, 0) is 12.0 Å². The lowest BCUT2D eigenvalue weighted by Gasteiger charge is -2.17. The molecule has 1 aliphatic carbocycles. The highest BCUT2D eigenvalue weighted by Crippen LogP contribution is 2.38. The zero-order valence-electron chi connectivity index (χ0n) is 14.6. The van der Waals surface area contributed by atoms with Gasteiger partial charge in [0.05, 0.1) is 19.8 Å². The molecule has 1 aromatic carbocycles. The van der Waals surface area contributed by atoms with E-state index >= 15 is 0 Å². The molecule has 0 unspecified atom stereocenters. The first kappa shape index (κ1) is 19.3. The summed E-state index contributed by atoms with van der Waals surface area (Å²) in [7, 11) is 3.22. The van der Waals surface area contributed by atoms with Crippen LogP contribution in [-0.4, -0.2) is 24.4 Å². The number of allylic oxidation sites excluding steroid dienone is 1. The van der Waals surface area contributed by atoms with Gasteiger partial charge in [-0.3, -0.25) is 0 Å². The third-order valence-electron chi connectivity index (χ3n) is 4.53. The summed E-state index contributed by atoms with van der Waals surface area (Å²) >= 11 is 0. The smallest absolute Gasteiger partial charge is 0.258 e. The van der Waals surface area contributed by atoms with Crippen molar-refractivity contribution in [2.24, 2.45) is 5.73 Å². The van der Waals surface area contributed by atoms with Crippen LogP contribution in [0.25, 0.3) is 11.5 Å². The maximum absolute atomic E-state index is 6.41. The minimum absolute atomic E-state index is 0. The molecule has 0 radical (unpaired) electrons. The van der Waals surface area contributed by atoms with Gasteiger partial charge in [0.2, 0.25) is 0 Å². The van der Waals surface area contributed by atoms with Gasteiger partial charge in [-0.1, -0.05) is 24.1 Å². The molecule has 3 rings (SSSR count). The highest BCUT2D eigenvalue weighted by Gasteiger charge is 2.36. The molecule has 136 valence electrons. The third kappa shape index (κ3) is 3.65. The molecule has 0 atom stereocenters. The number of nitrogens with zero attached hydrogens (tertiary/aromatic N) is 2. The van der Waals surface area contributed by atoms with E-state index in [4.69, 9.17) is 19.7 Å². The highest BCUT2D eigenvalue weighted by atomic mass is 35.5. The van der Waals surface area contributed by atoms with Gasteiger partial charge in [-0.15, -0.1) is 19.0 Å². The normalized spacial score (nSPS) is 15.5. The molecule has 1 aliphatic rings. The van der Waals surface area contributed by atoms with Crippen LogP contribution >= 0.6 is 12.4 Å². The van der Waals surface area contributed by atoms with Gasteiger partial charge in [-0.25, -0.2) is 0 Å². The lowest BCUT2D eigenvalue weighted by atomic mass is 9.98. The minimum atomic E-state index is -0.470. The van der Waals surface area contributed by atoms with Crippen molar-refractivity contribution >= 4 is 12.4 Å². The van der Waals surface area contributed by atoms with E-state index in [9.17, 15) is 0 Å². The number of ether oxygens (including phenoxy) is 2. The molecule has 0 saturated heterocycles. The largest absolute Gasteiger partial charge is 0.493 e. The second-order valence-corrected chi connectivity index (χ2v) is 6.15. The summed E-state index contributed by atoms with van der Waals surface area (Å²) in [5, 5.41) is 4.12. The van der Waals surface area contributed by atoms with E-state index in [1.807, 2.05) is 18.2 Å². The lowest BCUT2D eigenvalue weighted by molar-refractivity contribution is 0.352. The van der Waals surface area contributed by atoms with Gasteiger partial charge >= 0.3 is 0 Å². The van der Waals surface area contributed by atoms with Gasteiger partial charge in [-0.2, -0.15) is 4.98 Å². The topological polar surface area (TPSA) is 83.4 Å². The maximum atomic E-state index is 6.41. The van der Waals surface area contributed by atoms with Crippen molar-refractivity contribution in [3.8, 4) is 23.0 Å². The summed E-state index contributed by atoms with van der Waals surface area (Å²) < 4.78 is 16.4. The Bertz CT molecular complexity index is 739. The number of halogens is 1. The van der Waals surface area contributed by atoms with Crippen molar-refractivity contribution in [3.63, 3.8) is 0 Å². The Morgan fingerprint density at radius 3 is 2.60 bits per heavy atom. The Balaban J connectivity index is 0.00000225. The first-order chi connectivity index (χ1) is 11.6. The highest BCUT2D eigenvalue weighted by molar-refractivity contribution is 5.85. The van der Waals surface area contributed by atoms with Crippen molar-refractivity contribution < 1.29 is 14.0 Å². The Morgan fingerprint density at radius 1 is 1.28 bits per heavy atom. The molecule has 0 bridgehead atoms. The van der Waals surface area contributed by atoms with Crippen LogP contribution in [0.1, 0.15) is 37.1 Å². The summed E-state index contributed by atoms with van der Waals surface area (Å²) in [4.78, 5) is 4.54. The fraction of sp³-hybridized carbons (Fsp3) is 0.444. The summed E-state index contributed by atoms with van der Waals surface area (Å²) in [5.74, 6) is 2.32. The van der Waals surface area contributed by atoms with Crippen molar-refractivity contribution in [1.82, 2.24) is 10.1 Å². The molecule has 7 heteroatoms. The monoisotopic (exact) mass is 365 g/mol. The van der Waals surface area contributed by atoms with Gasteiger partial charge in [0.1, 0.15) is 0 Å². The number of hydrogen-bond acceptors (Lipinski definition) is 6. The summed E-state index contributed by atoms with van der Waals surface area (Å²) in [6.45, 7) is 3.79. The maximum Gasteiger partial charge on any atom is 0.258 e.